The highest BCUT2D eigenvalue weighted by molar-refractivity contribution is 7.92. The number of aliphatic hydroxyl groups excluding tert-OH is 1. The molecule has 3 rings (SSSR count). The van der Waals surface area contributed by atoms with Gasteiger partial charge in [0.25, 0.3) is 5.91 Å². The third-order valence-corrected chi connectivity index (χ3v) is 9.79. The SMILES string of the molecule is CC(C)C[C@H](NC(=O)c1cccc(N(C)S(=O)(=O)Cc2ccccc2)c1)[C@@H](O)C[C@@H](C)C(=O)N[C@@H](C)C(=O)NCc1ccc(C(=O)O)cc1. The van der Waals surface area contributed by atoms with Crippen molar-refractivity contribution in [3.8, 4) is 0 Å². The van der Waals surface area contributed by atoms with Gasteiger partial charge in [-0.05, 0) is 67.1 Å². The summed E-state index contributed by atoms with van der Waals surface area (Å²) in [4.78, 5) is 50.0. The van der Waals surface area contributed by atoms with E-state index in [9.17, 15) is 32.7 Å². The summed E-state index contributed by atoms with van der Waals surface area (Å²) in [6.07, 6.45) is -0.672. The molecule has 0 heterocycles. The van der Waals surface area contributed by atoms with Crippen LogP contribution in [-0.2, 0) is 31.9 Å². The highest BCUT2D eigenvalue weighted by Gasteiger charge is 2.28. The van der Waals surface area contributed by atoms with Crippen LogP contribution in [0.5, 0.6) is 0 Å². The van der Waals surface area contributed by atoms with Crippen LogP contribution in [0.25, 0.3) is 0 Å². The van der Waals surface area contributed by atoms with E-state index in [0.717, 1.165) is 4.31 Å². The first-order valence-electron chi connectivity index (χ1n) is 16.1. The number of nitrogens with zero attached hydrogens (tertiary/aromatic N) is 1. The Hall–Kier alpha value is -4.75. The van der Waals surface area contributed by atoms with Gasteiger partial charge < -0.3 is 26.2 Å². The molecule has 0 aliphatic carbocycles. The van der Waals surface area contributed by atoms with Gasteiger partial charge in [-0.1, -0.05) is 69.3 Å². The molecule has 0 unspecified atom stereocenters. The average molecular weight is 695 g/mol. The Morgan fingerprint density at radius 3 is 2.04 bits per heavy atom. The number of sulfonamides is 1. The van der Waals surface area contributed by atoms with Crippen molar-refractivity contribution >= 4 is 39.4 Å². The molecule has 0 aliphatic rings. The smallest absolute Gasteiger partial charge is 0.335 e. The molecule has 0 spiro atoms. The van der Waals surface area contributed by atoms with Crippen molar-refractivity contribution in [3.63, 3.8) is 0 Å². The molecule has 13 heteroatoms. The summed E-state index contributed by atoms with van der Waals surface area (Å²) in [6, 6.07) is 19.5. The number of anilines is 1. The topological polar surface area (TPSA) is 182 Å². The normalized spacial score (nSPS) is 13.9. The van der Waals surface area contributed by atoms with Crippen molar-refractivity contribution in [3.05, 3.63) is 101 Å². The molecule has 5 N–H and O–H groups in total. The van der Waals surface area contributed by atoms with E-state index in [1.165, 1.54) is 32.2 Å². The second-order valence-corrected chi connectivity index (χ2v) is 14.6. The summed E-state index contributed by atoms with van der Waals surface area (Å²) in [7, 11) is -2.31. The zero-order valence-corrected chi connectivity index (χ0v) is 29.2. The molecule has 0 fully saturated rings. The van der Waals surface area contributed by atoms with Crippen molar-refractivity contribution in [2.24, 2.45) is 11.8 Å². The van der Waals surface area contributed by atoms with Crippen LogP contribution in [-0.4, -0.2) is 67.6 Å². The van der Waals surface area contributed by atoms with Crippen molar-refractivity contribution in [2.75, 3.05) is 11.4 Å². The molecule has 264 valence electrons. The van der Waals surface area contributed by atoms with Crippen LogP contribution >= 0.6 is 0 Å². The Kier molecular flexibility index (Phi) is 13.9. The summed E-state index contributed by atoms with van der Waals surface area (Å²) in [5.74, 6) is -3.25. The number of hydrogen-bond donors (Lipinski definition) is 5. The monoisotopic (exact) mass is 694 g/mol. The number of carbonyl (C=O) groups excluding carboxylic acids is 3. The van der Waals surface area contributed by atoms with Gasteiger partial charge in [-0.25, -0.2) is 13.2 Å². The zero-order chi connectivity index (χ0) is 36.3. The van der Waals surface area contributed by atoms with E-state index in [-0.39, 0.29) is 35.8 Å². The van der Waals surface area contributed by atoms with Crippen LogP contribution in [0.4, 0.5) is 5.69 Å². The lowest BCUT2D eigenvalue weighted by molar-refractivity contribution is -0.131. The van der Waals surface area contributed by atoms with Gasteiger partial charge in [0, 0.05) is 25.1 Å². The van der Waals surface area contributed by atoms with Crippen LogP contribution < -0.4 is 20.3 Å². The number of hydrogen-bond acceptors (Lipinski definition) is 7. The lowest BCUT2D eigenvalue weighted by Crippen LogP contribution is -2.48. The molecule has 0 radical (unpaired) electrons. The van der Waals surface area contributed by atoms with Gasteiger partial charge in [0.2, 0.25) is 21.8 Å². The predicted octanol–water partition coefficient (Wildman–Crippen LogP) is 3.70. The highest BCUT2D eigenvalue weighted by atomic mass is 32.2. The van der Waals surface area contributed by atoms with Crippen molar-refractivity contribution in [2.45, 2.75) is 71.0 Å². The van der Waals surface area contributed by atoms with Gasteiger partial charge >= 0.3 is 5.97 Å². The highest BCUT2D eigenvalue weighted by Crippen LogP contribution is 2.22. The summed E-state index contributed by atoms with van der Waals surface area (Å²) >= 11 is 0. The number of aromatic carboxylic acids is 1. The summed E-state index contributed by atoms with van der Waals surface area (Å²) in [5.41, 5.74) is 1.98. The predicted molar refractivity (Wildman–Crippen MR) is 187 cm³/mol. The molecule has 0 bridgehead atoms. The van der Waals surface area contributed by atoms with Gasteiger partial charge in [-0.2, -0.15) is 0 Å². The Morgan fingerprint density at radius 1 is 0.776 bits per heavy atom. The van der Waals surface area contributed by atoms with Crippen LogP contribution in [0.1, 0.15) is 72.4 Å². The first kappa shape index (κ1) is 38.7. The fraction of sp³-hybridized carbons (Fsp3) is 0.389. The average Bonchev–Trinajstić information content (AvgIpc) is 3.06. The van der Waals surface area contributed by atoms with Gasteiger partial charge in [0.1, 0.15) is 6.04 Å². The number of carboxylic acids is 1. The molecular weight excluding hydrogens is 648 g/mol. The maximum Gasteiger partial charge on any atom is 0.335 e. The molecule has 49 heavy (non-hydrogen) atoms. The molecule has 0 saturated heterocycles. The Labute approximate surface area is 288 Å². The summed E-state index contributed by atoms with van der Waals surface area (Å²) < 4.78 is 27.3. The lowest BCUT2D eigenvalue weighted by atomic mass is 9.92. The number of carboxylic acid groups (broad SMARTS) is 1. The van der Waals surface area contributed by atoms with Crippen molar-refractivity contribution in [1.29, 1.82) is 0 Å². The maximum atomic E-state index is 13.4. The minimum absolute atomic E-state index is 0.00821. The largest absolute Gasteiger partial charge is 0.478 e. The fourth-order valence-corrected chi connectivity index (χ4v) is 6.36. The number of rotatable bonds is 17. The lowest BCUT2D eigenvalue weighted by Gasteiger charge is -2.28. The van der Waals surface area contributed by atoms with E-state index in [4.69, 9.17) is 5.11 Å². The fourth-order valence-electron chi connectivity index (χ4n) is 5.12. The number of carbonyl (C=O) groups is 4. The zero-order valence-electron chi connectivity index (χ0n) is 28.4. The molecule has 3 aromatic carbocycles. The van der Waals surface area contributed by atoms with Crippen molar-refractivity contribution < 1.29 is 37.8 Å². The third-order valence-electron chi connectivity index (χ3n) is 8.05. The van der Waals surface area contributed by atoms with E-state index in [1.807, 2.05) is 13.8 Å². The Morgan fingerprint density at radius 2 is 1.43 bits per heavy atom. The first-order chi connectivity index (χ1) is 23.1. The second-order valence-electron chi connectivity index (χ2n) is 12.6. The van der Waals surface area contributed by atoms with E-state index in [2.05, 4.69) is 16.0 Å². The third kappa shape index (κ3) is 11.7. The van der Waals surface area contributed by atoms with Crippen LogP contribution in [0.2, 0.25) is 0 Å². The van der Waals surface area contributed by atoms with Crippen LogP contribution in [0.3, 0.4) is 0 Å². The minimum atomic E-state index is -3.74. The van der Waals surface area contributed by atoms with Gasteiger partial charge in [-0.15, -0.1) is 0 Å². The van der Waals surface area contributed by atoms with E-state index < -0.39 is 57.8 Å². The summed E-state index contributed by atoms with van der Waals surface area (Å²) in [6.45, 7) is 7.18. The second kappa shape index (κ2) is 17.6. The number of aliphatic hydroxyl groups is 1. The van der Waals surface area contributed by atoms with E-state index >= 15 is 0 Å². The molecule has 4 atom stereocenters. The van der Waals surface area contributed by atoms with Gasteiger partial charge in [0.15, 0.2) is 0 Å². The maximum absolute atomic E-state index is 13.4. The quantitative estimate of drug-likeness (QED) is 0.142. The van der Waals surface area contributed by atoms with E-state index in [1.54, 1.807) is 67.6 Å². The molecule has 3 aromatic rings. The molecule has 0 aromatic heterocycles. The van der Waals surface area contributed by atoms with E-state index in [0.29, 0.717) is 23.2 Å². The van der Waals surface area contributed by atoms with Crippen molar-refractivity contribution in [1.82, 2.24) is 16.0 Å². The Balaban J connectivity index is 1.59. The molecule has 12 nitrogen and oxygen atoms in total. The molecular formula is C36H46N4O8S. The number of amides is 3. The molecule has 0 saturated carbocycles. The number of nitrogens with one attached hydrogen (secondary N) is 3. The van der Waals surface area contributed by atoms with Gasteiger partial charge in [0.05, 0.1) is 29.1 Å². The summed E-state index contributed by atoms with van der Waals surface area (Å²) in [5, 5.41) is 28.4. The number of benzene rings is 3. The Bertz CT molecular complexity index is 1700. The molecule has 0 aliphatic heterocycles. The van der Waals surface area contributed by atoms with Crippen LogP contribution in [0.15, 0.2) is 78.9 Å². The standard InChI is InChI=1S/C36H46N4O8S/c1-23(2)18-31(39-35(44)29-12-9-13-30(20-29)40(5)49(47,48)22-27-10-7-6-8-11-27)32(41)19-24(3)33(42)38-25(4)34(43)37-21-26-14-16-28(17-15-26)36(45)46/h6-17,20,23-25,31-32,41H,18-19,21-22H2,1-5H3,(H,37,43)(H,38,42)(H,39,44)(H,45,46)/t24-,25+,31+,32+/m1/s1. The first-order valence-corrected chi connectivity index (χ1v) is 17.7. The van der Waals surface area contributed by atoms with Crippen LogP contribution in [0, 0.1) is 11.8 Å². The van der Waals surface area contributed by atoms with Gasteiger partial charge in [-0.3, -0.25) is 18.7 Å². The minimum Gasteiger partial charge on any atom is -0.478 e. The molecule has 3 amide bonds.